The summed E-state index contributed by atoms with van der Waals surface area (Å²) in [6, 6.07) is 11.6. The van der Waals surface area contributed by atoms with Gasteiger partial charge in [0.2, 0.25) is 0 Å². The van der Waals surface area contributed by atoms with Crippen LogP contribution in [-0.4, -0.2) is 5.11 Å². The lowest BCUT2D eigenvalue weighted by Gasteiger charge is -2.14. The van der Waals surface area contributed by atoms with E-state index in [9.17, 15) is 5.11 Å². The van der Waals surface area contributed by atoms with Crippen LogP contribution in [0.15, 0.2) is 36.4 Å². The van der Waals surface area contributed by atoms with E-state index in [4.69, 9.17) is 23.2 Å². The molecule has 1 N–H and O–H groups in total. The Kier molecular flexibility index (Phi) is 4.51. The van der Waals surface area contributed by atoms with Gasteiger partial charge in [-0.1, -0.05) is 64.7 Å². The Labute approximate surface area is 123 Å². The van der Waals surface area contributed by atoms with Gasteiger partial charge in [0, 0.05) is 6.42 Å². The zero-order valence-electron chi connectivity index (χ0n) is 11.0. The third-order valence-corrected chi connectivity index (χ3v) is 3.93. The second-order valence-electron chi connectivity index (χ2n) is 4.85. The van der Waals surface area contributed by atoms with Crippen molar-refractivity contribution < 1.29 is 5.11 Å². The fourth-order valence-corrected chi connectivity index (χ4v) is 2.63. The lowest BCUT2D eigenvalue weighted by Crippen LogP contribution is -2.03. The molecule has 0 saturated heterocycles. The molecule has 1 atom stereocenters. The van der Waals surface area contributed by atoms with E-state index in [0.717, 1.165) is 22.3 Å². The molecule has 0 heterocycles. The van der Waals surface area contributed by atoms with E-state index in [1.165, 1.54) is 0 Å². The fourth-order valence-electron chi connectivity index (χ4n) is 2.23. The van der Waals surface area contributed by atoms with E-state index in [1.807, 2.05) is 38.1 Å². The highest BCUT2D eigenvalue weighted by Crippen LogP contribution is 2.29. The second-order valence-corrected chi connectivity index (χ2v) is 5.64. The largest absolute Gasteiger partial charge is 0.388 e. The molecular formula is C16H16Cl2O. The van der Waals surface area contributed by atoms with Crippen molar-refractivity contribution in [3.63, 3.8) is 0 Å². The Morgan fingerprint density at radius 3 is 2.32 bits per heavy atom. The predicted octanol–water partition coefficient (Wildman–Crippen LogP) is 4.89. The van der Waals surface area contributed by atoms with Crippen LogP contribution in [0.5, 0.6) is 0 Å². The number of aliphatic hydroxyl groups excluding tert-OH is 1. The Morgan fingerprint density at radius 1 is 1.05 bits per heavy atom. The number of hydrogen-bond donors (Lipinski definition) is 1. The van der Waals surface area contributed by atoms with Crippen LogP contribution >= 0.6 is 23.2 Å². The molecule has 2 aromatic rings. The molecule has 0 spiro atoms. The van der Waals surface area contributed by atoms with E-state index in [-0.39, 0.29) is 0 Å². The van der Waals surface area contributed by atoms with Gasteiger partial charge in [-0.3, -0.25) is 0 Å². The predicted molar refractivity (Wildman–Crippen MR) is 81.0 cm³/mol. The smallest absolute Gasteiger partial charge is 0.0831 e. The van der Waals surface area contributed by atoms with Crippen molar-refractivity contribution in [3.8, 4) is 0 Å². The maximum absolute atomic E-state index is 10.3. The minimum absolute atomic E-state index is 0.461. The highest BCUT2D eigenvalue weighted by molar-refractivity contribution is 6.42. The maximum atomic E-state index is 10.3. The Balaban J connectivity index is 2.25. The molecule has 0 amide bonds. The molecule has 0 aliphatic heterocycles. The molecule has 0 bridgehead atoms. The monoisotopic (exact) mass is 294 g/mol. The van der Waals surface area contributed by atoms with Crippen LogP contribution in [0, 0.1) is 13.8 Å². The topological polar surface area (TPSA) is 20.2 Å². The van der Waals surface area contributed by atoms with Crippen molar-refractivity contribution in [2.45, 2.75) is 26.4 Å². The highest BCUT2D eigenvalue weighted by Gasteiger charge is 2.13. The standard InChI is InChI=1S/C16H16Cl2O/c1-10-6-11(2)8-13(7-10)15(19)9-12-4-3-5-14(17)16(12)18/h3-8,15,19H,9H2,1-2H3. The SMILES string of the molecule is Cc1cc(C)cc(C(O)Cc2cccc(Cl)c2Cl)c1. The third kappa shape index (κ3) is 3.50. The second kappa shape index (κ2) is 5.96. The van der Waals surface area contributed by atoms with Gasteiger partial charge in [-0.2, -0.15) is 0 Å². The molecule has 2 rings (SSSR count). The molecule has 0 saturated carbocycles. The van der Waals surface area contributed by atoms with E-state index < -0.39 is 6.10 Å². The molecule has 3 heteroatoms. The molecule has 100 valence electrons. The first kappa shape index (κ1) is 14.4. The van der Waals surface area contributed by atoms with Gasteiger partial charge >= 0.3 is 0 Å². The minimum atomic E-state index is -0.574. The first-order valence-corrected chi connectivity index (χ1v) is 6.92. The summed E-state index contributed by atoms with van der Waals surface area (Å²) in [4.78, 5) is 0. The normalized spacial score (nSPS) is 12.5. The Hall–Kier alpha value is -1.02. The molecule has 0 radical (unpaired) electrons. The molecule has 0 aliphatic rings. The van der Waals surface area contributed by atoms with Crippen molar-refractivity contribution in [1.29, 1.82) is 0 Å². The number of aryl methyl sites for hydroxylation is 2. The van der Waals surface area contributed by atoms with Gasteiger partial charge in [-0.15, -0.1) is 0 Å². The Morgan fingerprint density at radius 2 is 1.68 bits per heavy atom. The lowest BCUT2D eigenvalue weighted by molar-refractivity contribution is 0.178. The van der Waals surface area contributed by atoms with Gasteiger partial charge in [0.1, 0.15) is 0 Å². The Bertz CT molecular complexity index is 573. The average molecular weight is 295 g/mol. The van der Waals surface area contributed by atoms with Crippen LogP contribution in [0.4, 0.5) is 0 Å². The lowest BCUT2D eigenvalue weighted by atomic mass is 9.98. The summed E-state index contributed by atoms with van der Waals surface area (Å²) in [5.41, 5.74) is 4.06. The van der Waals surface area contributed by atoms with Gasteiger partial charge in [-0.05, 0) is 31.0 Å². The van der Waals surface area contributed by atoms with Gasteiger partial charge in [0.05, 0.1) is 16.1 Å². The number of aliphatic hydroxyl groups is 1. The van der Waals surface area contributed by atoms with Gasteiger partial charge in [0.15, 0.2) is 0 Å². The first-order valence-electron chi connectivity index (χ1n) is 6.16. The van der Waals surface area contributed by atoms with Crippen molar-refractivity contribution in [2.75, 3.05) is 0 Å². The summed E-state index contributed by atoms with van der Waals surface area (Å²) < 4.78 is 0. The van der Waals surface area contributed by atoms with E-state index in [1.54, 1.807) is 6.07 Å². The number of rotatable bonds is 3. The summed E-state index contributed by atoms with van der Waals surface area (Å²) in [6.45, 7) is 4.05. The molecule has 19 heavy (non-hydrogen) atoms. The van der Waals surface area contributed by atoms with Crippen LogP contribution in [0.25, 0.3) is 0 Å². The van der Waals surface area contributed by atoms with Crippen LogP contribution < -0.4 is 0 Å². The summed E-state index contributed by atoms with van der Waals surface area (Å²) in [5, 5.41) is 11.4. The van der Waals surface area contributed by atoms with E-state index in [0.29, 0.717) is 16.5 Å². The van der Waals surface area contributed by atoms with Crippen LogP contribution in [0.3, 0.4) is 0 Å². The third-order valence-electron chi connectivity index (χ3n) is 3.07. The first-order chi connectivity index (χ1) is 8.97. The molecule has 1 nitrogen and oxygen atoms in total. The van der Waals surface area contributed by atoms with Gasteiger partial charge in [0.25, 0.3) is 0 Å². The molecular weight excluding hydrogens is 279 g/mol. The number of benzene rings is 2. The van der Waals surface area contributed by atoms with E-state index >= 15 is 0 Å². The fraction of sp³-hybridized carbons (Fsp3) is 0.250. The maximum Gasteiger partial charge on any atom is 0.0831 e. The van der Waals surface area contributed by atoms with Crippen molar-refractivity contribution in [2.24, 2.45) is 0 Å². The number of hydrogen-bond acceptors (Lipinski definition) is 1. The molecule has 2 aromatic carbocycles. The summed E-state index contributed by atoms with van der Waals surface area (Å²) in [6.07, 6.45) is -0.114. The average Bonchev–Trinajstić information content (AvgIpc) is 2.33. The molecule has 0 aromatic heterocycles. The van der Waals surface area contributed by atoms with Crippen LogP contribution in [0.2, 0.25) is 10.0 Å². The van der Waals surface area contributed by atoms with Crippen molar-refractivity contribution in [1.82, 2.24) is 0 Å². The minimum Gasteiger partial charge on any atom is -0.388 e. The molecule has 0 aliphatic carbocycles. The van der Waals surface area contributed by atoms with Gasteiger partial charge < -0.3 is 5.11 Å². The summed E-state index contributed by atoms with van der Waals surface area (Å²) >= 11 is 12.1. The number of halogens is 2. The quantitative estimate of drug-likeness (QED) is 0.855. The van der Waals surface area contributed by atoms with Crippen molar-refractivity contribution >= 4 is 23.2 Å². The van der Waals surface area contributed by atoms with Crippen LogP contribution in [0.1, 0.15) is 28.4 Å². The van der Waals surface area contributed by atoms with Crippen LogP contribution in [-0.2, 0) is 6.42 Å². The zero-order chi connectivity index (χ0) is 14.0. The zero-order valence-corrected chi connectivity index (χ0v) is 12.5. The van der Waals surface area contributed by atoms with Gasteiger partial charge in [-0.25, -0.2) is 0 Å². The summed E-state index contributed by atoms with van der Waals surface area (Å²) in [7, 11) is 0. The molecule has 1 unspecified atom stereocenters. The van der Waals surface area contributed by atoms with Crippen molar-refractivity contribution in [3.05, 3.63) is 68.7 Å². The highest BCUT2D eigenvalue weighted by atomic mass is 35.5. The summed E-state index contributed by atoms with van der Waals surface area (Å²) in [5.74, 6) is 0. The van der Waals surface area contributed by atoms with E-state index in [2.05, 4.69) is 6.07 Å². The molecule has 0 fully saturated rings.